The van der Waals surface area contributed by atoms with Crippen LogP contribution in [0.4, 0.5) is 11.5 Å². The lowest BCUT2D eigenvalue weighted by atomic mass is 10.1. The molecule has 0 bridgehead atoms. The number of aromatic nitrogens is 2. The molecule has 2 aromatic rings. The molecule has 9 heteroatoms. The van der Waals surface area contributed by atoms with E-state index in [1.165, 1.54) is 10.1 Å². The van der Waals surface area contributed by atoms with Gasteiger partial charge in [-0.3, -0.25) is 24.0 Å². The molecule has 1 heterocycles. The van der Waals surface area contributed by atoms with Gasteiger partial charge in [-0.1, -0.05) is 56.5 Å². The Morgan fingerprint density at radius 2 is 1.86 bits per heavy atom. The molecule has 36 heavy (non-hydrogen) atoms. The van der Waals surface area contributed by atoms with E-state index in [0.29, 0.717) is 19.7 Å². The van der Waals surface area contributed by atoms with Crippen molar-refractivity contribution >= 4 is 17.4 Å². The van der Waals surface area contributed by atoms with E-state index in [2.05, 4.69) is 22.0 Å². The lowest BCUT2D eigenvalue weighted by Crippen LogP contribution is -2.49. The molecular weight excluding hydrogens is 458 g/mol. The molecule has 9 nitrogen and oxygen atoms in total. The molecule has 1 aromatic carbocycles. The summed E-state index contributed by atoms with van der Waals surface area (Å²) in [4.78, 5) is 45.3. The maximum atomic E-state index is 13.8. The minimum atomic E-state index is -0.599. The van der Waals surface area contributed by atoms with E-state index in [9.17, 15) is 14.4 Å². The highest BCUT2D eigenvalue weighted by Gasteiger charge is 2.33. The van der Waals surface area contributed by atoms with Crippen molar-refractivity contribution in [3.63, 3.8) is 0 Å². The Morgan fingerprint density at radius 1 is 1.14 bits per heavy atom. The van der Waals surface area contributed by atoms with Gasteiger partial charge in [0.05, 0.1) is 13.2 Å². The van der Waals surface area contributed by atoms with Crippen LogP contribution in [0, 0.1) is 0 Å². The maximum absolute atomic E-state index is 13.8. The molecule has 0 spiro atoms. The number of hydrogen-bond donors (Lipinski definition) is 2. The average molecular weight is 500 g/mol. The summed E-state index contributed by atoms with van der Waals surface area (Å²) < 4.78 is 6.68. The van der Waals surface area contributed by atoms with Crippen LogP contribution >= 0.6 is 0 Å². The number of nitrogen functional groups attached to an aromatic ring is 1. The SMILES string of the molecule is CCCCn1c(N)c(N(C(=O)CN(CCCc2ccccc2)CCOC)C2CCCC2)c(=O)[nH]c1=O. The smallest absolute Gasteiger partial charge is 0.330 e. The summed E-state index contributed by atoms with van der Waals surface area (Å²) in [5.74, 6) is -0.0967. The van der Waals surface area contributed by atoms with Crippen LogP contribution in [0.25, 0.3) is 0 Å². The molecule has 1 fully saturated rings. The molecule has 0 aliphatic heterocycles. The lowest BCUT2D eigenvalue weighted by molar-refractivity contribution is -0.120. The first-order valence-electron chi connectivity index (χ1n) is 13.2. The summed E-state index contributed by atoms with van der Waals surface area (Å²) in [6.45, 7) is 4.42. The number of aryl methyl sites for hydroxylation is 1. The zero-order valence-electron chi connectivity index (χ0n) is 21.7. The molecule has 0 unspecified atom stereocenters. The summed E-state index contributed by atoms with van der Waals surface area (Å²) in [5.41, 5.74) is 6.64. The molecule has 198 valence electrons. The fraction of sp³-hybridized carbons (Fsp3) is 0.593. The van der Waals surface area contributed by atoms with E-state index in [4.69, 9.17) is 10.5 Å². The molecule has 0 saturated heterocycles. The second kappa shape index (κ2) is 14.0. The number of rotatable bonds is 14. The average Bonchev–Trinajstić information content (AvgIpc) is 3.39. The minimum Gasteiger partial charge on any atom is -0.383 e. The van der Waals surface area contributed by atoms with E-state index in [1.54, 1.807) is 12.0 Å². The van der Waals surface area contributed by atoms with E-state index in [0.717, 1.165) is 57.9 Å². The second-order valence-electron chi connectivity index (χ2n) is 9.56. The largest absolute Gasteiger partial charge is 0.383 e. The number of carbonyl (C=O) groups is 1. The van der Waals surface area contributed by atoms with Gasteiger partial charge in [-0.25, -0.2) is 4.79 Å². The van der Waals surface area contributed by atoms with Crippen molar-refractivity contribution in [1.29, 1.82) is 0 Å². The number of H-pyrrole nitrogens is 1. The highest BCUT2D eigenvalue weighted by atomic mass is 16.5. The van der Waals surface area contributed by atoms with Crippen molar-refractivity contribution in [3.8, 4) is 0 Å². The molecule has 3 N–H and O–H groups in total. The normalized spacial score (nSPS) is 14.0. The zero-order valence-corrected chi connectivity index (χ0v) is 21.7. The molecule has 3 rings (SSSR count). The van der Waals surface area contributed by atoms with Crippen LogP contribution in [0.3, 0.4) is 0 Å². The Labute approximate surface area is 213 Å². The van der Waals surface area contributed by atoms with Crippen molar-refractivity contribution in [2.24, 2.45) is 0 Å². The maximum Gasteiger partial charge on any atom is 0.330 e. The first kappa shape index (κ1) is 27.7. The molecule has 0 atom stereocenters. The summed E-state index contributed by atoms with van der Waals surface area (Å²) in [7, 11) is 1.65. The fourth-order valence-electron chi connectivity index (χ4n) is 4.93. The van der Waals surface area contributed by atoms with Crippen LogP contribution in [0.5, 0.6) is 0 Å². The van der Waals surface area contributed by atoms with Gasteiger partial charge in [0.15, 0.2) is 5.69 Å². The first-order valence-corrected chi connectivity index (χ1v) is 13.2. The van der Waals surface area contributed by atoms with Gasteiger partial charge in [0.25, 0.3) is 5.56 Å². The number of aromatic amines is 1. The molecule has 1 aromatic heterocycles. The van der Waals surface area contributed by atoms with Crippen molar-refractivity contribution in [3.05, 3.63) is 56.7 Å². The predicted octanol–water partition coefficient (Wildman–Crippen LogP) is 2.78. The van der Waals surface area contributed by atoms with Gasteiger partial charge in [-0.05, 0) is 44.2 Å². The molecule has 0 radical (unpaired) electrons. The highest BCUT2D eigenvalue weighted by molar-refractivity contribution is 5.97. The van der Waals surface area contributed by atoms with Crippen LogP contribution < -0.4 is 21.9 Å². The third kappa shape index (κ3) is 7.30. The van der Waals surface area contributed by atoms with Crippen molar-refractivity contribution in [2.45, 2.75) is 70.9 Å². The van der Waals surface area contributed by atoms with Gasteiger partial charge < -0.3 is 15.4 Å². The minimum absolute atomic E-state index is 0.0740. The Kier molecular flexibility index (Phi) is 10.8. The number of nitrogens with zero attached hydrogens (tertiary/aromatic N) is 3. The Hall–Kier alpha value is -2.91. The van der Waals surface area contributed by atoms with Gasteiger partial charge in [-0.2, -0.15) is 0 Å². The number of nitrogens with one attached hydrogen (secondary N) is 1. The van der Waals surface area contributed by atoms with Gasteiger partial charge in [-0.15, -0.1) is 0 Å². The first-order chi connectivity index (χ1) is 17.5. The van der Waals surface area contributed by atoms with Gasteiger partial charge in [0, 0.05) is 26.2 Å². The molecule has 1 aliphatic carbocycles. The number of ether oxygens (including phenoxy) is 1. The quantitative estimate of drug-likeness (QED) is 0.413. The molecule has 1 amide bonds. The monoisotopic (exact) mass is 499 g/mol. The van der Waals surface area contributed by atoms with Crippen molar-refractivity contribution < 1.29 is 9.53 Å². The van der Waals surface area contributed by atoms with E-state index in [1.807, 2.05) is 25.1 Å². The van der Waals surface area contributed by atoms with Crippen LogP contribution in [-0.2, 0) is 22.5 Å². The Balaban J connectivity index is 1.84. The predicted molar refractivity (Wildman–Crippen MR) is 143 cm³/mol. The third-order valence-electron chi connectivity index (χ3n) is 6.90. The van der Waals surface area contributed by atoms with E-state index >= 15 is 0 Å². The number of anilines is 2. The number of carbonyl (C=O) groups excluding carboxylic acids is 1. The number of unbranched alkanes of at least 4 members (excludes halogenated alkanes) is 1. The topological polar surface area (TPSA) is 114 Å². The standard InChI is InChI=1S/C27H41N5O4/c1-3-4-17-31-25(28)24(26(34)29-27(31)35)32(22-14-8-9-15-22)23(33)20-30(18-19-36-2)16-10-13-21-11-6-5-7-12-21/h5-7,11-12,22H,3-4,8-10,13-20,28H2,1-2H3,(H,29,34,35). The van der Waals surface area contributed by atoms with Crippen LogP contribution in [-0.4, -0.2) is 59.8 Å². The Bertz CT molecular complexity index is 1080. The van der Waals surface area contributed by atoms with Crippen molar-refractivity contribution in [1.82, 2.24) is 14.5 Å². The van der Waals surface area contributed by atoms with E-state index in [-0.39, 0.29) is 30.0 Å². The number of hydrogen-bond acceptors (Lipinski definition) is 6. The zero-order chi connectivity index (χ0) is 25.9. The van der Waals surface area contributed by atoms with Crippen molar-refractivity contribution in [2.75, 3.05) is 44.0 Å². The van der Waals surface area contributed by atoms with Gasteiger partial charge >= 0.3 is 5.69 Å². The third-order valence-corrected chi connectivity index (χ3v) is 6.90. The molecule has 1 aliphatic rings. The highest BCUT2D eigenvalue weighted by Crippen LogP contribution is 2.29. The summed E-state index contributed by atoms with van der Waals surface area (Å²) in [6, 6.07) is 10.2. The summed E-state index contributed by atoms with van der Waals surface area (Å²) in [5, 5.41) is 0. The van der Waals surface area contributed by atoms with Gasteiger partial charge in [0.2, 0.25) is 5.91 Å². The second-order valence-corrected chi connectivity index (χ2v) is 9.56. The van der Waals surface area contributed by atoms with Crippen LogP contribution in [0.15, 0.2) is 39.9 Å². The number of methoxy groups -OCH3 is 1. The van der Waals surface area contributed by atoms with Crippen LogP contribution in [0.2, 0.25) is 0 Å². The van der Waals surface area contributed by atoms with Crippen LogP contribution in [0.1, 0.15) is 57.4 Å². The fourth-order valence-corrected chi connectivity index (χ4v) is 4.93. The summed E-state index contributed by atoms with van der Waals surface area (Å²) >= 11 is 0. The lowest BCUT2D eigenvalue weighted by Gasteiger charge is -2.32. The molecular formula is C27H41N5O4. The number of benzene rings is 1. The Morgan fingerprint density at radius 3 is 2.53 bits per heavy atom. The number of amides is 1. The summed E-state index contributed by atoms with van der Waals surface area (Å²) in [6.07, 6.45) is 7.05. The number of nitrogens with two attached hydrogens (primary N) is 1. The van der Waals surface area contributed by atoms with E-state index < -0.39 is 11.2 Å². The van der Waals surface area contributed by atoms with Gasteiger partial charge in [0.1, 0.15) is 5.82 Å². The molecule has 1 saturated carbocycles.